The summed E-state index contributed by atoms with van der Waals surface area (Å²) in [6, 6.07) is 5.62. The van der Waals surface area contributed by atoms with Crippen molar-refractivity contribution in [2.45, 2.75) is 19.9 Å². The Balaban J connectivity index is 2.79. The fourth-order valence-electron chi connectivity index (χ4n) is 1.46. The minimum Gasteiger partial charge on any atom is -0.493 e. The van der Waals surface area contributed by atoms with Crippen molar-refractivity contribution in [3.05, 3.63) is 29.8 Å². The van der Waals surface area contributed by atoms with Crippen LogP contribution in [0.15, 0.2) is 24.3 Å². The van der Waals surface area contributed by atoms with Gasteiger partial charge < -0.3 is 14.8 Å². The molecule has 0 saturated heterocycles. The molecule has 4 nitrogen and oxygen atoms in total. The molecule has 98 valence electrons. The molecule has 0 fully saturated rings. The normalized spacial score (nSPS) is 10.7. The predicted octanol–water partition coefficient (Wildman–Crippen LogP) is 2.24. The van der Waals surface area contributed by atoms with Gasteiger partial charge in [-0.3, -0.25) is 4.79 Å². The van der Waals surface area contributed by atoms with Gasteiger partial charge in [-0.15, -0.1) is 0 Å². The van der Waals surface area contributed by atoms with Crippen molar-refractivity contribution in [2.75, 3.05) is 14.2 Å². The zero-order chi connectivity index (χ0) is 13.5. The van der Waals surface area contributed by atoms with E-state index < -0.39 is 0 Å². The van der Waals surface area contributed by atoms with Crippen LogP contribution in [-0.4, -0.2) is 26.2 Å². The lowest BCUT2D eigenvalue weighted by Gasteiger charge is -2.08. The second kappa shape index (κ2) is 6.69. The van der Waals surface area contributed by atoms with Gasteiger partial charge in [0, 0.05) is 12.1 Å². The van der Waals surface area contributed by atoms with Crippen LogP contribution < -0.4 is 14.8 Å². The molecule has 4 heteroatoms. The Morgan fingerprint density at radius 2 is 1.89 bits per heavy atom. The molecule has 0 unspecified atom stereocenters. The average molecular weight is 249 g/mol. The largest absolute Gasteiger partial charge is 0.493 e. The fraction of sp³-hybridized carbons (Fsp3) is 0.357. The van der Waals surface area contributed by atoms with Gasteiger partial charge in [-0.1, -0.05) is 6.07 Å². The highest BCUT2D eigenvalue weighted by Crippen LogP contribution is 2.27. The van der Waals surface area contributed by atoms with E-state index >= 15 is 0 Å². The van der Waals surface area contributed by atoms with E-state index in [0.29, 0.717) is 11.5 Å². The highest BCUT2D eigenvalue weighted by molar-refractivity contribution is 5.91. The van der Waals surface area contributed by atoms with Gasteiger partial charge in [-0.2, -0.15) is 0 Å². The molecule has 0 aliphatic rings. The molecule has 1 rings (SSSR count). The number of benzene rings is 1. The van der Waals surface area contributed by atoms with Crippen LogP contribution in [0, 0.1) is 0 Å². The maximum atomic E-state index is 11.5. The third kappa shape index (κ3) is 4.13. The molecule has 0 aliphatic carbocycles. The highest BCUT2D eigenvalue weighted by atomic mass is 16.5. The lowest BCUT2D eigenvalue weighted by molar-refractivity contribution is -0.116. The quantitative estimate of drug-likeness (QED) is 0.814. The van der Waals surface area contributed by atoms with E-state index in [1.807, 2.05) is 26.0 Å². The van der Waals surface area contributed by atoms with Crippen molar-refractivity contribution in [1.29, 1.82) is 0 Å². The van der Waals surface area contributed by atoms with E-state index in [4.69, 9.17) is 9.47 Å². The summed E-state index contributed by atoms with van der Waals surface area (Å²) in [6.07, 6.45) is 3.24. The summed E-state index contributed by atoms with van der Waals surface area (Å²) in [7, 11) is 3.17. The summed E-state index contributed by atoms with van der Waals surface area (Å²) in [5.41, 5.74) is 0.881. The van der Waals surface area contributed by atoms with Crippen LogP contribution in [-0.2, 0) is 4.79 Å². The van der Waals surface area contributed by atoms with Crippen molar-refractivity contribution in [1.82, 2.24) is 5.32 Å². The van der Waals surface area contributed by atoms with E-state index in [9.17, 15) is 4.79 Å². The molecule has 0 aliphatic heterocycles. The molecular formula is C14H19NO3. The molecule has 18 heavy (non-hydrogen) atoms. The second-order valence-corrected chi connectivity index (χ2v) is 4.11. The number of carbonyl (C=O) groups excluding carboxylic acids is 1. The van der Waals surface area contributed by atoms with Gasteiger partial charge in [-0.25, -0.2) is 0 Å². The van der Waals surface area contributed by atoms with Crippen molar-refractivity contribution >= 4 is 12.0 Å². The molecule has 0 aromatic heterocycles. The molecule has 0 radical (unpaired) electrons. The first kappa shape index (κ1) is 14.1. The standard InChI is InChI=1S/C14H19NO3/c1-10(2)15-14(16)8-6-11-5-7-12(17-3)13(9-11)18-4/h5-10H,1-4H3,(H,15,16)/b8-6+. The van der Waals surface area contributed by atoms with Gasteiger partial charge >= 0.3 is 0 Å². The molecule has 0 heterocycles. The summed E-state index contributed by atoms with van der Waals surface area (Å²) in [5, 5.41) is 2.78. The minimum atomic E-state index is -0.111. The molecule has 1 amide bonds. The van der Waals surface area contributed by atoms with E-state index in [1.165, 1.54) is 6.08 Å². The summed E-state index contributed by atoms with van der Waals surface area (Å²) < 4.78 is 10.3. The van der Waals surface area contributed by atoms with E-state index in [-0.39, 0.29) is 11.9 Å². The summed E-state index contributed by atoms with van der Waals surface area (Å²) in [5.74, 6) is 1.20. The van der Waals surface area contributed by atoms with Crippen molar-refractivity contribution in [3.8, 4) is 11.5 Å². The summed E-state index contributed by atoms with van der Waals surface area (Å²) in [6.45, 7) is 3.84. The topological polar surface area (TPSA) is 47.6 Å². The van der Waals surface area contributed by atoms with Crippen molar-refractivity contribution in [2.24, 2.45) is 0 Å². The molecule has 0 saturated carbocycles. The van der Waals surface area contributed by atoms with Gasteiger partial charge in [0.15, 0.2) is 11.5 Å². The van der Waals surface area contributed by atoms with Gasteiger partial charge in [0.25, 0.3) is 0 Å². The van der Waals surface area contributed by atoms with E-state index in [1.54, 1.807) is 26.4 Å². The highest BCUT2D eigenvalue weighted by Gasteiger charge is 2.03. The van der Waals surface area contributed by atoms with Crippen molar-refractivity contribution < 1.29 is 14.3 Å². The summed E-state index contributed by atoms with van der Waals surface area (Å²) in [4.78, 5) is 11.5. The number of amides is 1. The van der Waals surface area contributed by atoms with Gasteiger partial charge in [-0.05, 0) is 37.6 Å². The number of hydrogen-bond acceptors (Lipinski definition) is 3. The zero-order valence-corrected chi connectivity index (χ0v) is 11.2. The van der Waals surface area contributed by atoms with Crippen LogP contribution in [0.4, 0.5) is 0 Å². The third-order valence-electron chi connectivity index (χ3n) is 2.27. The van der Waals surface area contributed by atoms with Crippen molar-refractivity contribution in [3.63, 3.8) is 0 Å². The number of hydrogen-bond donors (Lipinski definition) is 1. The Bertz CT molecular complexity index is 439. The van der Waals surface area contributed by atoms with Gasteiger partial charge in [0.1, 0.15) is 0 Å². The zero-order valence-electron chi connectivity index (χ0n) is 11.2. The molecule has 1 aromatic carbocycles. The maximum absolute atomic E-state index is 11.5. The lowest BCUT2D eigenvalue weighted by Crippen LogP contribution is -2.28. The monoisotopic (exact) mass is 249 g/mol. The molecule has 0 spiro atoms. The molecular weight excluding hydrogens is 230 g/mol. The molecule has 0 atom stereocenters. The molecule has 1 N–H and O–H groups in total. The number of nitrogens with one attached hydrogen (secondary N) is 1. The van der Waals surface area contributed by atoms with Gasteiger partial charge in [0.05, 0.1) is 14.2 Å². The second-order valence-electron chi connectivity index (χ2n) is 4.11. The smallest absolute Gasteiger partial charge is 0.244 e. The first-order chi connectivity index (χ1) is 8.56. The van der Waals surface area contributed by atoms with Crippen LogP contribution in [0.3, 0.4) is 0 Å². The Kier molecular flexibility index (Phi) is 5.24. The Morgan fingerprint density at radius 1 is 1.22 bits per heavy atom. The number of methoxy groups -OCH3 is 2. The Hall–Kier alpha value is -1.97. The number of rotatable bonds is 5. The maximum Gasteiger partial charge on any atom is 0.244 e. The van der Waals surface area contributed by atoms with E-state index in [0.717, 1.165) is 5.56 Å². The van der Waals surface area contributed by atoms with Crippen LogP contribution in [0.2, 0.25) is 0 Å². The first-order valence-corrected chi connectivity index (χ1v) is 5.77. The Labute approximate surface area is 108 Å². The SMILES string of the molecule is COc1ccc(/C=C/C(=O)NC(C)C)cc1OC. The van der Waals surface area contributed by atoms with Crippen LogP contribution >= 0.6 is 0 Å². The third-order valence-corrected chi connectivity index (χ3v) is 2.27. The van der Waals surface area contributed by atoms with Crippen LogP contribution in [0.5, 0.6) is 11.5 Å². The number of ether oxygens (including phenoxy) is 2. The fourth-order valence-corrected chi connectivity index (χ4v) is 1.46. The number of carbonyl (C=O) groups is 1. The average Bonchev–Trinajstić information content (AvgIpc) is 2.35. The predicted molar refractivity (Wildman–Crippen MR) is 71.9 cm³/mol. The molecule has 1 aromatic rings. The first-order valence-electron chi connectivity index (χ1n) is 5.77. The molecule has 0 bridgehead atoms. The van der Waals surface area contributed by atoms with Gasteiger partial charge in [0.2, 0.25) is 5.91 Å². The minimum absolute atomic E-state index is 0.111. The summed E-state index contributed by atoms with van der Waals surface area (Å²) >= 11 is 0. The van der Waals surface area contributed by atoms with Crippen LogP contribution in [0.25, 0.3) is 6.08 Å². The lowest BCUT2D eigenvalue weighted by atomic mass is 10.2. The Morgan fingerprint density at radius 3 is 2.44 bits per heavy atom. The van der Waals surface area contributed by atoms with E-state index in [2.05, 4.69) is 5.32 Å². The van der Waals surface area contributed by atoms with Crippen LogP contribution in [0.1, 0.15) is 19.4 Å².